The number of carbonyl (C=O) groups is 1. The lowest BCUT2D eigenvalue weighted by atomic mass is 9.94. The van der Waals surface area contributed by atoms with Crippen molar-refractivity contribution in [3.05, 3.63) is 22.6 Å². The minimum absolute atomic E-state index is 0.0733. The number of anilines is 1. The van der Waals surface area contributed by atoms with Crippen molar-refractivity contribution in [1.29, 1.82) is 0 Å². The molecule has 0 aliphatic heterocycles. The topological polar surface area (TPSA) is 123 Å². The fourth-order valence-electron chi connectivity index (χ4n) is 2.17. The third kappa shape index (κ3) is 2.79. The first-order valence-electron chi connectivity index (χ1n) is 6.44. The first kappa shape index (κ1) is 15.5. The second-order valence-corrected chi connectivity index (χ2v) is 6.99. The molecule has 0 unspecified atom stereocenters. The number of pyridine rings is 1. The van der Waals surface area contributed by atoms with Crippen LogP contribution in [0.25, 0.3) is 0 Å². The summed E-state index contributed by atoms with van der Waals surface area (Å²) >= 11 is 0. The van der Waals surface area contributed by atoms with Crippen LogP contribution in [0.2, 0.25) is 0 Å². The van der Waals surface area contributed by atoms with Gasteiger partial charge in [0.05, 0.1) is 0 Å². The number of rotatable bonds is 5. The van der Waals surface area contributed by atoms with Crippen LogP contribution in [0.4, 0.5) is 5.69 Å². The van der Waals surface area contributed by atoms with Gasteiger partial charge in [-0.2, -0.15) is 4.31 Å². The number of carboxylic acids is 1. The van der Waals surface area contributed by atoms with E-state index in [9.17, 15) is 18.0 Å². The maximum atomic E-state index is 12.5. The predicted octanol–water partition coefficient (Wildman–Crippen LogP) is -0.312. The SMILES string of the molecule is CN(C1CCC1)S(=O)(=O)c1ccn(CC(=O)O)c(=O)c1N. The van der Waals surface area contributed by atoms with Gasteiger partial charge >= 0.3 is 5.97 Å². The van der Waals surface area contributed by atoms with Crippen LogP contribution in [0.5, 0.6) is 0 Å². The van der Waals surface area contributed by atoms with Gasteiger partial charge in [-0.1, -0.05) is 6.42 Å². The molecule has 0 atom stereocenters. The summed E-state index contributed by atoms with van der Waals surface area (Å²) in [5.74, 6) is -1.21. The third-order valence-electron chi connectivity index (χ3n) is 3.71. The van der Waals surface area contributed by atoms with Crippen molar-refractivity contribution in [2.75, 3.05) is 12.8 Å². The normalized spacial score (nSPS) is 15.9. The second-order valence-electron chi connectivity index (χ2n) is 5.03. The minimum Gasteiger partial charge on any atom is -0.480 e. The Balaban J connectivity index is 2.42. The molecule has 0 bridgehead atoms. The van der Waals surface area contributed by atoms with E-state index in [0.29, 0.717) is 0 Å². The molecule has 9 heteroatoms. The Kier molecular flexibility index (Phi) is 4.06. The summed E-state index contributed by atoms with van der Waals surface area (Å²) in [6, 6.07) is 1.10. The molecule has 1 aliphatic carbocycles. The largest absolute Gasteiger partial charge is 0.480 e. The monoisotopic (exact) mass is 315 g/mol. The van der Waals surface area contributed by atoms with Gasteiger partial charge in [0.25, 0.3) is 5.56 Å². The summed E-state index contributed by atoms with van der Waals surface area (Å²) < 4.78 is 27.0. The van der Waals surface area contributed by atoms with Crippen molar-refractivity contribution in [3.63, 3.8) is 0 Å². The summed E-state index contributed by atoms with van der Waals surface area (Å²) in [7, 11) is -2.39. The summed E-state index contributed by atoms with van der Waals surface area (Å²) in [6.45, 7) is -0.568. The van der Waals surface area contributed by atoms with E-state index in [1.807, 2.05) is 0 Å². The van der Waals surface area contributed by atoms with Gasteiger partial charge in [0.2, 0.25) is 10.0 Å². The highest BCUT2D eigenvalue weighted by Crippen LogP contribution is 2.29. The molecule has 1 fully saturated rings. The maximum Gasteiger partial charge on any atom is 0.323 e. The summed E-state index contributed by atoms with van der Waals surface area (Å²) in [6.07, 6.45) is 3.67. The third-order valence-corrected chi connectivity index (χ3v) is 5.68. The van der Waals surface area contributed by atoms with Gasteiger partial charge in [-0.25, -0.2) is 8.42 Å². The van der Waals surface area contributed by atoms with E-state index < -0.39 is 33.8 Å². The molecule has 116 valence electrons. The molecule has 0 amide bonds. The van der Waals surface area contributed by atoms with E-state index in [4.69, 9.17) is 10.8 Å². The first-order valence-corrected chi connectivity index (χ1v) is 7.88. The Morgan fingerprint density at radius 2 is 2.14 bits per heavy atom. The molecule has 1 aliphatic rings. The number of aromatic nitrogens is 1. The quantitative estimate of drug-likeness (QED) is 0.768. The zero-order valence-electron chi connectivity index (χ0n) is 11.5. The van der Waals surface area contributed by atoms with Gasteiger partial charge in [0.15, 0.2) is 0 Å². The Morgan fingerprint density at radius 3 is 2.62 bits per heavy atom. The van der Waals surface area contributed by atoms with Gasteiger partial charge in [-0.15, -0.1) is 0 Å². The molecule has 0 radical (unpaired) electrons. The number of sulfonamides is 1. The number of nitrogens with two attached hydrogens (primary N) is 1. The van der Waals surface area contributed by atoms with Crippen LogP contribution in [-0.4, -0.2) is 41.5 Å². The van der Waals surface area contributed by atoms with Gasteiger partial charge in [0, 0.05) is 19.3 Å². The van der Waals surface area contributed by atoms with Gasteiger partial charge in [0.1, 0.15) is 17.1 Å². The van der Waals surface area contributed by atoms with E-state index in [0.717, 1.165) is 30.0 Å². The molecule has 3 N–H and O–H groups in total. The molecule has 0 spiro atoms. The van der Waals surface area contributed by atoms with E-state index in [1.54, 1.807) is 0 Å². The lowest BCUT2D eigenvalue weighted by Crippen LogP contribution is -2.42. The highest BCUT2D eigenvalue weighted by Gasteiger charge is 2.33. The van der Waals surface area contributed by atoms with E-state index in [1.165, 1.54) is 17.4 Å². The van der Waals surface area contributed by atoms with E-state index in [2.05, 4.69) is 0 Å². The fraction of sp³-hybridized carbons (Fsp3) is 0.500. The molecular formula is C12H17N3O5S. The van der Waals surface area contributed by atoms with Crippen LogP contribution in [0.15, 0.2) is 22.0 Å². The molecule has 0 saturated heterocycles. The Hall–Kier alpha value is -1.87. The number of nitrogens with zero attached hydrogens (tertiary/aromatic N) is 2. The number of nitrogen functional groups attached to an aromatic ring is 1. The lowest BCUT2D eigenvalue weighted by molar-refractivity contribution is -0.137. The molecule has 8 nitrogen and oxygen atoms in total. The molecule has 1 aromatic heterocycles. The second kappa shape index (κ2) is 5.49. The average molecular weight is 315 g/mol. The molecule has 21 heavy (non-hydrogen) atoms. The zero-order valence-corrected chi connectivity index (χ0v) is 12.3. The van der Waals surface area contributed by atoms with Crippen LogP contribution in [0.3, 0.4) is 0 Å². The van der Waals surface area contributed by atoms with Gasteiger partial charge in [-0.3, -0.25) is 9.59 Å². The highest BCUT2D eigenvalue weighted by molar-refractivity contribution is 7.89. The summed E-state index contributed by atoms with van der Waals surface area (Å²) in [5, 5.41) is 8.68. The van der Waals surface area contributed by atoms with Crippen molar-refractivity contribution in [2.24, 2.45) is 0 Å². The van der Waals surface area contributed by atoms with Gasteiger partial charge < -0.3 is 15.4 Å². The highest BCUT2D eigenvalue weighted by atomic mass is 32.2. The van der Waals surface area contributed by atoms with Crippen LogP contribution >= 0.6 is 0 Å². The van der Waals surface area contributed by atoms with Crippen molar-refractivity contribution in [2.45, 2.75) is 36.7 Å². The molecule has 1 heterocycles. The number of hydrogen-bond donors (Lipinski definition) is 2. The Labute approximate surface area is 121 Å². The predicted molar refractivity (Wildman–Crippen MR) is 75.3 cm³/mol. The van der Waals surface area contributed by atoms with Crippen LogP contribution in [0.1, 0.15) is 19.3 Å². The van der Waals surface area contributed by atoms with Crippen molar-refractivity contribution in [3.8, 4) is 0 Å². The first-order chi connectivity index (χ1) is 9.75. The fourth-order valence-corrected chi connectivity index (χ4v) is 3.68. The van der Waals surface area contributed by atoms with Crippen LogP contribution < -0.4 is 11.3 Å². The number of aliphatic carboxylic acids is 1. The van der Waals surface area contributed by atoms with Crippen molar-refractivity contribution in [1.82, 2.24) is 8.87 Å². The maximum absolute atomic E-state index is 12.5. The van der Waals surface area contributed by atoms with Gasteiger partial charge in [-0.05, 0) is 18.9 Å². The molecule has 0 aromatic carbocycles. The number of hydrogen-bond acceptors (Lipinski definition) is 5. The molecule has 1 aromatic rings. The number of carboxylic acid groups (broad SMARTS) is 1. The summed E-state index contributed by atoms with van der Waals surface area (Å²) in [5.41, 5.74) is 4.34. The zero-order chi connectivity index (χ0) is 15.8. The minimum atomic E-state index is -3.85. The molecule has 2 rings (SSSR count). The van der Waals surface area contributed by atoms with Crippen LogP contribution in [0, 0.1) is 0 Å². The van der Waals surface area contributed by atoms with E-state index >= 15 is 0 Å². The van der Waals surface area contributed by atoms with Crippen molar-refractivity contribution < 1.29 is 18.3 Å². The molecule has 1 saturated carbocycles. The van der Waals surface area contributed by atoms with E-state index in [-0.39, 0.29) is 10.9 Å². The Bertz CT molecular complexity index is 721. The van der Waals surface area contributed by atoms with Crippen LogP contribution in [-0.2, 0) is 21.4 Å². The average Bonchev–Trinajstić information content (AvgIpc) is 2.32. The summed E-state index contributed by atoms with van der Waals surface area (Å²) in [4.78, 5) is 22.3. The standard InChI is InChI=1S/C12H17N3O5S/c1-14(8-3-2-4-8)21(19,20)9-5-6-15(7-10(16)17)12(18)11(9)13/h5-6,8H,2-4,7,13H2,1H3,(H,16,17). The molecular weight excluding hydrogens is 298 g/mol. The Morgan fingerprint density at radius 1 is 1.52 bits per heavy atom. The van der Waals surface area contributed by atoms with Crippen molar-refractivity contribution >= 4 is 21.7 Å². The lowest BCUT2D eigenvalue weighted by Gasteiger charge is -2.33. The smallest absolute Gasteiger partial charge is 0.323 e.